The number of hydrogen-bond acceptors (Lipinski definition) is 6. The Kier molecular flexibility index (Phi) is 3.52. The van der Waals surface area contributed by atoms with Crippen molar-refractivity contribution < 1.29 is 5.11 Å². The molecule has 0 aliphatic rings. The number of hydrogen-bond donors (Lipinski definition) is 1. The maximum Gasteiger partial charge on any atom is 0.174 e. The Balaban J connectivity index is 2.11. The van der Waals surface area contributed by atoms with E-state index in [1.807, 2.05) is 19.1 Å². The lowest BCUT2D eigenvalue weighted by atomic mass is 10.2. The molecule has 2 aromatic heterocycles. The lowest BCUT2D eigenvalue weighted by molar-refractivity contribution is 0.194. The van der Waals surface area contributed by atoms with Gasteiger partial charge in [0.1, 0.15) is 5.82 Å². The summed E-state index contributed by atoms with van der Waals surface area (Å²) in [6, 6.07) is 3.75. The predicted octanol–water partition coefficient (Wildman–Crippen LogP) is 2.45. The van der Waals surface area contributed by atoms with E-state index in [1.165, 1.54) is 23.3 Å². The van der Waals surface area contributed by atoms with Crippen LogP contribution in [0.5, 0.6) is 0 Å². The first-order chi connectivity index (χ1) is 7.65. The molecule has 84 valence electrons. The van der Waals surface area contributed by atoms with Gasteiger partial charge in [-0.05, 0) is 37.5 Å². The topological polar surface area (TPSA) is 58.9 Å². The van der Waals surface area contributed by atoms with Crippen molar-refractivity contribution in [3.63, 3.8) is 0 Å². The maximum atomic E-state index is 9.32. The number of aromatic nitrogens is 3. The zero-order valence-corrected chi connectivity index (χ0v) is 10.5. The van der Waals surface area contributed by atoms with Crippen LogP contribution in [0.4, 0.5) is 0 Å². The van der Waals surface area contributed by atoms with Crippen LogP contribution in [-0.2, 0) is 0 Å². The zero-order chi connectivity index (χ0) is 11.5. The minimum atomic E-state index is -0.525. The summed E-state index contributed by atoms with van der Waals surface area (Å²) in [6.07, 6.45) is 1.21. The van der Waals surface area contributed by atoms with Crippen LogP contribution >= 0.6 is 23.3 Å². The van der Waals surface area contributed by atoms with E-state index in [0.717, 1.165) is 15.1 Å². The molecule has 2 heterocycles. The van der Waals surface area contributed by atoms with Gasteiger partial charge in [-0.15, -0.1) is 0 Å². The summed E-state index contributed by atoms with van der Waals surface area (Å²) in [7, 11) is 0. The quantitative estimate of drug-likeness (QED) is 0.910. The van der Waals surface area contributed by atoms with Gasteiger partial charge < -0.3 is 5.11 Å². The highest BCUT2D eigenvalue weighted by molar-refractivity contribution is 8.01. The van der Waals surface area contributed by atoms with Crippen LogP contribution in [0, 0.1) is 6.92 Å². The molecule has 0 aliphatic heterocycles. The van der Waals surface area contributed by atoms with Crippen LogP contribution in [0.25, 0.3) is 0 Å². The number of aliphatic hydroxyl groups excluding tert-OH is 1. The third-order valence-corrected chi connectivity index (χ3v) is 3.72. The van der Waals surface area contributed by atoms with Gasteiger partial charge in [0.2, 0.25) is 0 Å². The molecule has 1 atom stereocenters. The Bertz CT molecular complexity index is 467. The van der Waals surface area contributed by atoms with E-state index in [0.29, 0.717) is 5.69 Å². The molecule has 0 radical (unpaired) electrons. The second kappa shape index (κ2) is 4.90. The van der Waals surface area contributed by atoms with Crippen molar-refractivity contribution in [1.82, 2.24) is 14.3 Å². The minimum absolute atomic E-state index is 0.525. The first-order valence-corrected chi connectivity index (χ1v) is 6.36. The average Bonchev–Trinajstić information content (AvgIpc) is 2.65. The van der Waals surface area contributed by atoms with Crippen molar-refractivity contribution in [3.05, 3.63) is 29.8 Å². The highest BCUT2D eigenvalue weighted by atomic mass is 32.2. The van der Waals surface area contributed by atoms with Crippen molar-refractivity contribution in [2.24, 2.45) is 0 Å². The molecule has 0 aliphatic carbocycles. The summed E-state index contributed by atoms with van der Waals surface area (Å²) in [5.74, 6) is 0.793. The van der Waals surface area contributed by atoms with Crippen LogP contribution < -0.4 is 0 Å². The van der Waals surface area contributed by atoms with E-state index >= 15 is 0 Å². The monoisotopic (exact) mass is 253 g/mol. The molecule has 0 fully saturated rings. The lowest BCUT2D eigenvalue weighted by Gasteiger charge is -2.03. The van der Waals surface area contributed by atoms with Gasteiger partial charge in [0.25, 0.3) is 0 Å². The van der Waals surface area contributed by atoms with Gasteiger partial charge in [-0.2, -0.15) is 4.37 Å². The SMILES string of the molecule is Cc1nsc(Sc2ccc([C@@H](C)O)nc2)n1. The Hall–Kier alpha value is -0.980. The highest BCUT2D eigenvalue weighted by Gasteiger charge is 2.05. The molecule has 0 saturated carbocycles. The van der Waals surface area contributed by atoms with Crippen molar-refractivity contribution in [3.8, 4) is 0 Å². The first kappa shape index (κ1) is 11.5. The summed E-state index contributed by atoms with van der Waals surface area (Å²) in [4.78, 5) is 9.42. The van der Waals surface area contributed by atoms with Crippen LogP contribution in [0.3, 0.4) is 0 Å². The number of aryl methyl sites for hydroxylation is 1. The molecule has 0 unspecified atom stereocenters. The summed E-state index contributed by atoms with van der Waals surface area (Å²) in [6.45, 7) is 3.57. The fourth-order valence-electron chi connectivity index (χ4n) is 1.12. The predicted molar refractivity (Wildman–Crippen MR) is 63.6 cm³/mol. The zero-order valence-electron chi connectivity index (χ0n) is 8.91. The molecule has 0 aromatic carbocycles. The standard InChI is InChI=1S/C10H11N3OS2/c1-6(14)9-4-3-8(5-11-9)15-10-12-7(2)13-16-10/h3-6,14H,1-2H3/t6-/m1/s1. The summed E-state index contributed by atoms with van der Waals surface area (Å²) >= 11 is 2.91. The molecule has 1 N–H and O–H groups in total. The Morgan fingerprint density at radius 3 is 2.75 bits per heavy atom. The molecule has 4 nitrogen and oxygen atoms in total. The third-order valence-electron chi connectivity index (χ3n) is 1.90. The molecule has 2 aromatic rings. The summed E-state index contributed by atoms with van der Waals surface area (Å²) in [5.41, 5.74) is 0.679. The summed E-state index contributed by atoms with van der Waals surface area (Å²) < 4.78 is 5.01. The molecule has 6 heteroatoms. The van der Waals surface area contributed by atoms with E-state index < -0.39 is 6.10 Å². The average molecular weight is 253 g/mol. The fraction of sp³-hybridized carbons (Fsp3) is 0.300. The molecular weight excluding hydrogens is 242 g/mol. The van der Waals surface area contributed by atoms with Crippen LogP contribution in [0.1, 0.15) is 24.5 Å². The largest absolute Gasteiger partial charge is 0.387 e. The van der Waals surface area contributed by atoms with Gasteiger partial charge in [0, 0.05) is 11.1 Å². The van der Waals surface area contributed by atoms with E-state index in [4.69, 9.17) is 0 Å². The van der Waals surface area contributed by atoms with E-state index in [2.05, 4.69) is 14.3 Å². The van der Waals surface area contributed by atoms with Crippen LogP contribution in [-0.4, -0.2) is 19.4 Å². The lowest BCUT2D eigenvalue weighted by Crippen LogP contribution is -1.94. The molecule has 2 rings (SSSR count). The summed E-state index contributed by atoms with van der Waals surface area (Å²) in [5, 5.41) is 9.32. The van der Waals surface area contributed by atoms with Gasteiger partial charge in [-0.25, -0.2) is 4.98 Å². The van der Waals surface area contributed by atoms with Gasteiger partial charge in [0.15, 0.2) is 4.34 Å². The molecule has 0 amide bonds. The number of nitrogens with zero attached hydrogens (tertiary/aromatic N) is 3. The van der Waals surface area contributed by atoms with Crippen molar-refractivity contribution in [2.45, 2.75) is 29.2 Å². The highest BCUT2D eigenvalue weighted by Crippen LogP contribution is 2.28. The van der Waals surface area contributed by atoms with Crippen LogP contribution in [0.2, 0.25) is 0 Å². The van der Waals surface area contributed by atoms with Crippen LogP contribution in [0.15, 0.2) is 27.6 Å². The van der Waals surface area contributed by atoms with E-state index in [1.54, 1.807) is 13.1 Å². The Morgan fingerprint density at radius 2 is 2.25 bits per heavy atom. The molecule has 16 heavy (non-hydrogen) atoms. The molecule has 0 spiro atoms. The first-order valence-electron chi connectivity index (χ1n) is 4.77. The second-order valence-electron chi connectivity index (χ2n) is 3.30. The fourth-order valence-corrected chi connectivity index (χ4v) is 2.71. The number of aliphatic hydroxyl groups is 1. The molecule has 0 bridgehead atoms. The Labute approximate surface area is 102 Å². The maximum absolute atomic E-state index is 9.32. The van der Waals surface area contributed by atoms with Gasteiger partial charge in [-0.3, -0.25) is 4.98 Å². The normalized spacial score (nSPS) is 12.7. The smallest absolute Gasteiger partial charge is 0.174 e. The van der Waals surface area contributed by atoms with Gasteiger partial charge >= 0.3 is 0 Å². The number of pyridine rings is 1. The van der Waals surface area contributed by atoms with Crippen molar-refractivity contribution in [2.75, 3.05) is 0 Å². The van der Waals surface area contributed by atoms with Gasteiger partial charge in [0.05, 0.1) is 11.8 Å². The van der Waals surface area contributed by atoms with E-state index in [9.17, 15) is 5.11 Å². The minimum Gasteiger partial charge on any atom is -0.387 e. The molecular formula is C10H11N3OS2. The van der Waals surface area contributed by atoms with Crippen molar-refractivity contribution in [1.29, 1.82) is 0 Å². The van der Waals surface area contributed by atoms with E-state index in [-0.39, 0.29) is 0 Å². The second-order valence-corrected chi connectivity index (χ2v) is 5.38. The molecule has 0 saturated heterocycles. The third kappa shape index (κ3) is 2.78. The van der Waals surface area contributed by atoms with Crippen molar-refractivity contribution >= 4 is 23.3 Å². The number of rotatable bonds is 3. The van der Waals surface area contributed by atoms with Gasteiger partial charge in [-0.1, -0.05) is 11.8 Å². The Morgan fingerprint density at radius 1 is 1.44 bits per heavy atom.